The average molecular weight is 349 g/mol. The molecule has 0 aliphatic carbocycles. The van der Waals surface area contributed by atoms with Crippen LogP contribution in [0.4, 0.5) is 0 Å². The van der Waals surface area contributed by atoms with Crippen molar-refractivity contribution in [1.29, 1.82) is 0 Å². The Balaban J connectivity index is 1.59. The molecule has 0 aliphatic rings. The van der Waals surface area contributed by atoms with Crippen LogP contribution in [0, 0.1) is 0 Å². The maximum absolute atomic E-state index is 12.4. The molecule has 134 valence electrons. The molecule has 3 aromatic carbocycles. The third-order valence-corrected chi connectivity index (χ3v) is 4.12. The van der Waals surface area contributed by atoms with Gasteiger partial charge in [-0.25, -0.2) is 0 Å². The quantitative estimate of drug-likeness (QED) is 0.691. The summed E-state index contributed by atoms with van der Waals surface area (Å²) < 4.78 is 11.3. The zero-order valence-electron chi connectivity index (χ0n) is 15.1. The minimum atomic E-state index is -0.580. The summed E-state index contributed by atoms with van der Waals surface area (Å²) in [5.41, 5.74) is 1.01. The summed E-state index contributed by atoms with van der Waals surface area (Å²) in [5.74, 6) is 1.40. The summed E-state index contributed by atoms with van der Waals surface area (Å²) in [5, 5.41) is 5.00. The number of fused-ring (bicyclic) bond motifs is 1. The predicted octanol–water partition coefficient (Wildman–Crippen LogP) is 4.32. The zero-order valence-corrected chi connectivity index (χ0v) is 15.1. The van der Waals surface area contributed by atoms with E-state index in [0.29, 0.717) is 18.9 Å². The first-order valence-corrected chi connectivity index (χ1v) is 8.81. The summed E-state index contributed by atoms with van der Waals surface area (Å²) in [7, 11) is 0. The number of amides is 1. The van der Waals surface area contributed by atoms with Crippen LogP contribution in [0.1, 0.15) is 19.4 Å². The van der Waals surface area contributed by atoms with Gasteiger partial charge >= 0.3 is 0 Å². The van der Waals surface area contributed by atoms with Gasteiger partial charge in [-0.2, -0.15) is 0 Å². The molecule has 3 aromatic rings. The Labute approximate surface area is 153 Å². The van der Waals surface area contributed by atoms with Gasteiger partial charge in [0.1, 0.15) is 11.5 Å². The fraction of sp³-hybridized carbons (Fsp3) is 0.227. The first kappa shape index (κ1) is 17.8. The Bertz CT molecular complexity index is 869. The van der Waals surface area contributed by atoms with Crippen LogP contribution < -0.4 is 14.8 Å². The van der Waals surface area contributed by atoms with Crippen LogP contribution >= 0.6 is 0 Å². The van der Waals surface area contributed by atoms with E-state index in [2.05, 4.69) is 5.32 Å². The lowest BCUT2D eigenvalue weighted by Crippen LogP contribution is -2.35. The number of benzene rings is 3. The molecule has 4 nitrogen and oxygen atoms in total. The molecular weight excluding hydrogens is 326 g/mol. The van der Waals surface area contributed by atoms with E-state index in [1.165, 1.54) is 0 Å². The number of rotatable bonds is 7. The Morgan fingerprint density at radius 3 is 2.50 bits per heavy atom. The Morgan fingerprint density at radius 2 is 1.73 bits per heavy atom. The second-order valence-electron chi connectivity index (χ2n) is 6.03. The molecule has 0 saturated heterocycles. The average Bonchev–Trinajstić information content (AvgIpc) is 2.67. The van der Waals surface area contributed by atoms with Crippen LogP contribution in [0.5, 0.6) is 11.5 Å². The lowest BCUT2D eigenvalue weighted by molar-refractivity contribution is -0.127. The van der Waals surface area contributed by atoms with Gasteiger partial charge in [0.2, 0.25) is 0 Å². The van der Waals surface area contributed by atoms with E-state index in [4.69, 9.17) is 9.47 Å². The van der Waals surface area contributed by atoms with Crippen LogP contribution in [-0.2, 0) is 11.3 Å². The van der Waals surface area contributed by atoms with E-state index in [1.54, 1.807) is 6.92 Å². The van der Waals surface area contributed by atoms with Crippen LogP contribution in [0.15, 0.2) is 66.7 Å². The number of nitrogens with one attached hydrogen (secondary N) is 1. The molecule has 0 spiro atoms. The predicted molar refractivity (Wildman–Crippen MR) is 103 cm³/mol. The van der Waals surface area contributed by atoms with E-state index < -0.39 is 6.10 Å². The Kier molecular flexibility index (Phi) is 5.74. The van der Waals surface area contributed by atoms with E-state index in [0.717, 1.165) is 22.1 Å². The topological polar surface area (TPSA) is 47.6 Å². The molecular formula is C22H23NO3. The van der Waals surface area contributed by atoms with Gasteiger partial charge in [0.05, 0.1) is 6.61 Å². The highest BCUT2D eigenvalue weighted by Crippen LogP contribution is 2.26. The van der Waals surface area contributed by atoms with Crippen molar-refractivity contribution >= 4 is 16.7 Å². The SMILES string of the molecule is CCOc1ccc(CNC(=O)[C@H](C)Oc2cccc3ccccc23)cc1. The Hall–Kier alpha value is -3.01. The minimum Gasteiger partial charge on any atom is -0.494 e. The number of ether oxygens (including phenoxy) is 2. The maximum Gasteiger partial charge on any atom is 0.261 e. The molecule has 0 saturated carbocycles. The second-order valence-corrected chi connectivity index (χ2v) is 6.03. The van der Waals surface area contributed by atoms with Gasteiger partial charge in [0.25, 0.3) is 5.91 Å². The fourth-order valence-corrected chi connectivity index (χ4v) is 2.75. The molecule has 1 amide bonds. The summed E-state index contributed by atoms with van der Waals surface area (Å²) in [6.07, 6.45) is -0.580. The monoisotopic (exact) mass is 349 g/mol. The zero-order chi connectivity index (χ0) is 18.4. The van der Waals surface area contributed by atoms with Crippen LogP contribution in [0.2, 0.25) is 0 Å². The molecule has 0 heterocycles. The highest BCUT2D eigenvalue weighted by atomic mass is 16.5. The molecule has 0 bridgehead atoms. The van der Waals surface area contributed by atoms with Crippen LogP contribution in [0.25, 0.3) is 10.8 Å². The van der Waals surface area contributed by atoms with E-state index >= 15 is 0 Å². The summed E-state index contributed by atoms with van der Waals surface area (Å²) in [6.45, 7) is 4.80. The van der Waals surface area contributed by atoms with Gasteiger partial charge in [-0.3, -0.25) is 4.79 Å². The standard InChI is InChI=1S/C22H23NO3/c1-3-25-19-13-11-17(12-14-19)15-23-22(24)16(2)26-21-10-6-8-18-7-4-5-9-20(18)21/h4-14,16H,3,15H2,1-2H3,(H,23,24)/t16-/m0/s1. The van der Waals surface area contributed by atoms with Gasteiger partial charge in [-0.15, -0.1) is 0 Å². The van der Waals surface area contributed by atoms with E-state index in [9.17, 15) is 4.79 Å². The molecule has 0 aromatic heterocycles. The number of carbonyl (C=O) groups is 1. The van der Waals surface area contributed by atoms with Crippen molar-refractivity contribution in [3.8, 4) is 11.5 Å². The van der Waals surface area contributed by atoms with Crippen molar-refractivity contribution in [3.05, 3.63) is 72.3 Å². The van der Waals surface area contributed by atoms with Crippen LogP contribution in [-0.4, -0.2) is 18.6 Å². The fourth-order valence-electron chi connectivity index (χ4n) is 2.75. The van der Waals surface area contributed by atoms with Crippen molar-refractivity contribution in [1.82, 2.24) is 5.32 Å². The third-order valence-electron chi connectivity index (χ3n) is 4.12. The highest BCUT2D eigenvalue weighted by Gasteiger charge is 2.15. The first-order valence-electron chi connectivity index (χ1n) is 8.81. The van der Waals surface area contributed by atoms with Crippen molar-refractivity contribution in [2.45, 2.75) is 26.5 Å². The van der Waals surface area contributed by atoms with Crippen molar-refractivity contribution in [2.24, 2.45) is 0 Å². The smallest absolute Gasteiger partial charge is 0.261 e. The van der Waals surface area contributed by atoms with Crippen molar-refractivity contribution in [2.75, 3.05) is 6.61 Å². The molecule has 1 atom stereocenters. The Morgan fingerprint density at radius 1 is 1.00 bits per heavy atom. The molecule has 26 heavy (non-hydrogen) atoms. The van der Waals surface area contributed by atoms with Crippen molar-refractivity contribution < 1.29 is 14.3 Å². The number of carbonyl (C=O) groups excluding carboxylic acids is 1. The largest absolute Gasteiger partial charge is 0.494 e. The van der Waals surface area contributed by atoms with Gasteiger partial charge < -0.3 is 14.8 Å². The molecule has 0 fully saturated rings. The number of hydrogen-bond acceptors (Lipinski definition) is 3. The summed E-state index contributed by atoms with van der Waals surface area (Å²) in [6, 6.07) is 21.5. The van der Waals surface area contributed by atoms with E-state index in [1.807, 2.05) is 73.7 Å². The van der Waals surface area contributed by atoms with Crippen molar-refractivity contribution in [3.63, 3.8) is 0 Å². The third kappa shape index (κ3) is 4.33. The van der Waals surface area contributed by atoms with Gasteiger partial charge in [-0.1, -0.05) is 48.5 Å². The molecule has 0 aliphatic heterocycles. The van der Waals surface area contributed by atoms with Gasteiger partial charge in [0, 0.05) is 11.9 Å². The lowest BCUT2D eigenvalue weighted by Gasteiger charge is -2.16. The molecule has 0 radical (unpaired) electrons. The van der Waals surface area contributed by atoms with E-state index in [-0.39, 0.29) is 5.91 Å². The van der Waals surface area contributed by atoms with Gasteiger partial charge in [0.15, 0.2) is 6.10 Å². The highest BCUT2D eigenvalue weighted by molar-refractivity contribution is 5.89. The molecule has 3 rings (SSSR count). The summed E-state index contributed by atoms with van der Waals surface area (Å²) >= 11 is 0. The lowest BCUT2D eigenvalue weighted by atomic mass is 10.1. The normalized spacial score (nSPS) is 11.8. The second kappa shape index (κ2) is 8.39. The van der Waals surface area contributed by atoms with Gasteiger partial charge in [-0.05, 0) is 43.0 Å². The minimum absolute atomic E-state index is 0.146. The summed E-state index contributed by atoms with van der Waals surface area (Å²) in [4.78, 5) is 12.4. The molecule has 0 unspecified atom stereocenters. The number of hydrogen-bond donors (Lipinski definition) is 1. The molecule has 1 N–H and O–H groups in total. The van der Waals surface area contributed by atoms with Crippen LogP contribution in [0.3, 0.4) is 0 Å². The maximum atomic E-state index is 12.4. The first-order chi connectivity index (χ1) is 12.7. The molecule has 4 heteroatoms.